The number of aromatic nitrogens is 1. The molecule has 1 aromatic rings. The number of carbonyl (C=O) groups excluding carboxylic acids is 4. The van der Waals surface area contributed by atoms with Gasteiger partial charge in [0.2, 0.25) is 11.7 Å². The number of H-pyrrole nitrogens is 1. The van der Waals surface area contributed by atoms with Crippen LogP contribution in [0.5, 0.6) is 0 Å². The van der Waals surface area contributed by atoms with E-state index in [-0.39, 0.29) is 35.9 Å². The molecular weight excluding hydrogens is 314 g/mol. The number of Topliss-reactive ketones (excluding diaryl/α,β-unsaturated/α-hetero) is 2. The van der Waals surface area contributed by atoms with Crippen molar-refractivity contribution in [2.45, 2.75) is 46.6 Å². The average molecular weight is 333 g/mol. The third-order valence-electron chi connectivity index (χ3n) is 3.83. The molecule has 128 valence electrons. The molecule has 0 saturated carbocycles. The molecule has 1 atom stereocenters. The lowest BCUT2D eigenvalue weighted by Crippen LogP contribution is -2.34. The highest BCUT2D eigenvalue weighted by atomic mass is 16.5. The maximum absolute atomic E-state index is 12.5. The first kappa shape index (κ1) is 17.6. The lowest BCUT2D eigenvalue weighted by Gasteiger charge is -2.15. The van der Waals surface area contributed by atoms with Gasteiger partial charge in [0.15, 0.2) is 11.9 Å². The minimum atomic E-state index is -1.05. The predicted octanol–water partition coefficient (Wildman–Crippen LogP) is 1.21. The van der Waals surface area contributed by atoms with Crippen molar-refractivity contribution in [3.05, 3.63) is 22.5 Å². The lowest BCUT2D eigenvalue weighted by atomic mass is 10.0. The van der Waals surface area contributed by atoms with Gasteiger partial charge in [0, 0.05) is 24.1 Å². The zero-order chi connectivity index (χ0) is 18.0. The number of rotatable bonds is 5. The minimum Gasteiger partial charge on any atom is -0.450 e. The number of hydrazone groups is 1. The van der Waals surface area contributed by atoms with Gasteiger partial charge in [0.05, 0.1) is 5.69 Å². The molecule has 1 aromatic heterocycles. The molecule has 0 saturated heterocycles. The smallest absolute Gasteiger partial charge is 0.355 e. The molecule has 1 aliphatic rings. The van der Waals surface area contributed by atoms with E-state index in [1.165, 1.54) is 13.8 Å². The van der Waals surface area contributed by atoms with Crippen LogP contribution in [0, 0.1) is 13.8 Å². The summed E-state index contributed by atoms with van der Waals surface area (Å²) >= 11 is 0. The van der Waals surface area contributed by atoms with Crippen molar-refractivity contribution in [2.24, 2.45) is 5.10 Å². The van der Waals surface area contributed by atoms with Crippen LogP contribution in [-0.2, 0) is 14.3 Å². The Hall–Kier alpha value is -2.77. The Kier molecular flexibility index (Phi) is 4.96. The van der Waals surface area contributed by atoms with Crippen molar-refractivity contribution in [3.63, 3.8) is 0 Å². The normalized spacial score (nSPS) is 15.3. The van der Waals surface area contributed by atoms with Gasteiger partial charge in [0.1, 0.15) is 5.71 Å². The molecule has 0 unspecified atom stereocenters. The van der Waals surface area contributed by atoms with Gasteiger partial charge in [0.25, 0.3) is 0 Å². The number of aryl methyl sites for hydroxylation is 1. The second-order valence-corrected chi connectivity index (χ2v) is 5.69. The second-order valence-electron chi connectivity index (χ2n) is 5.69. The number of carbonyl (C=O) groups is 4. The molecule has 1 aliphatic heterocycles. The standard InChI is InChI=1S/C16H19N3O5/c1-7-13(9(3)20)8(2)17-14(7)15(22)10(4)24-16(23)11-5-6-12(21)19-18-11/h10,17H,5-6H2,1-4H3,(H,19,21)/t10-/m1/s1. The third kappa shape index (κ3) is 3.42. The van der Waals surface area contributed by atoms with Gasteiger partial charge in [-0.1, -0.05) is 0 Å². The molecule has 2 rings (SSSR count). The Morgan fingerprint density at radius 1 is 1.21 bits per heavy atom. The first-order valence-electron chi connectivity index (χ1n) is 7.53. The van der Waals surface area contributed by atoms with Crippen LogP contribution in [0.4, 0.5) is 0 Å². The molecule has 2 N–H and O–H groups in total. The highest BCUT2D eigenvalue weighted by molar-refractivity contribution is 6.37. The van der Waals surface area contributed by atoms with E-state index >= 15 is 0 Å². The largest absolute Gasteiger partial charge is 0.450 e. The fraction of sp³-hybridized carbons (Fsp3) is 0.438. The third-order valence-corrected chi connectivity index (χ3v) is 3.83. The predicted molar refractivity (Wildman–Crippen MR) is 85.0 cm³/mol. The summed E-state index contributed by atoms with van der Waals surface area (Å²) in [6, 6.07) is 0. The molecule has 2 heterocycles. The molecule has 0 spiro atoms. The maximum atomic E-state index is 12.5. The number of esters is 1. The molecule has 0 aliphatic carbocycles. The van der Waals surface area contributed by atoms with E-state index in [0.29, 0.717) is 16.8 Å². The van der Waals surface area contributed by atoms with Gasteiger partial charge >= 0.3 is 5.97 Å². The number of hydrogen-bond donors (Lipinski definition) is 2. The van der Waals surface area contributed by atoms with Crippen molar-refractivity contribution in [1.29, 1.82) is 0 Å². The van der Waals surface area contributed by atoms with Crippen LogP contribution in [-0.4, -0.2) is 40.2 Å². The number of hydrogen-bond acceptors (Lipinski definition) is 6. The number of ether oxygens (including phenoxy) is 1. The van der Waals surface area contributed by atoms with Crippen molar-refractivity contribution >= 4 is 29.2 Å². The number of amides is 1. The van der Waals surface area contributed by atoms with E-state index < -0.39 is 17.9 Å². The molecular formula is C16H19N3O5. The van der Waals surface area contributed by atoms with Crippen molar-refractivity contribution in [1.82, 2.24) is 10.4 Å². The highest BCUT2D eigenvalue weighted by Gasteiger charge is 2.28. The first-order chi connectivity index (χ1) is 11.2. The van der Waals surface area contributed by atoms with E-state index in [1.54, 1.807) is 13.8 Å². The summed E-state index contributed by atoms with van der Waals surface area (Å²) in [5, 5.41) is 3.63. The highest BCUT2D eigenvalue weighted by Crippen LogP contribution is 2.20. The SMILES string of the molecule is CC(=O)c1c(C)[nH]c(C(=O)[C@@H](C)OC(=O)C2=NNC(=O)CC2)c1C. The average Bonchev–Trinajstić information content (AvgIpc) is 2.81. The minimum absolute atomic E-state index is 0.0677. The van der Waals surface area contributed by atoms with Gasteiger partial charge in [-0.15, -0.1) is 0 Å². The number of nitrogens with zero attached hydrogens (tertiary/aromatic N) is 1. The van der Waals surface area contributed by atoms with Crippen LogP contribution in [0.15, 0.2) is 5.10 Å². The second kappa shape index (κ2) is 6.77. The molecule has 0 aromatic carbocycles. The Balaban J connectivity index is 2.13. The Bertz CT molecular complexity index is 760. The summed E-state index contributed by atoms with van der Waals surface area (Å²) in [5.41, 5.74) is 4.12. The maximum Gasteiger partial charge on any atom is 0.355 e. The van der Waals surface area contributed by atoms with E-state index in [2.05, 4.69) is 15.5 Å². The molecule has 1 amide bonds. The molecule has 0 radical (unpaired) electrons. The van der Waals surface area contributed by atoms with Gasteiger partial charge in [-0.05, 0) is 33.3 Å². The van der Waals surface area contributed by atoms with Gasteiger partial charge < -0.3 is 9.72 Å². The van der Waals surface area contributed by atoms with Crippen LogP contribution in [0.25, 0.3) is 0 Å². The first-order valence-corrected chi connectivity index (χ1v) is 7.53. The van der Waals surface area contributed by atoms with Crippen molar-refractivity contribution in [3.8, 4) is 0 Å². The van der Waals surface area contributed by atoms with E-state index in [4.69, 9.17) is 4.74 Å². The quantitative estimate of drug-likeness (QED) is 0.620. The van der Waals surface area contributed by atoms with E-state index in [1.807, 2.05) is 0 Å². The van der Waals surface area contributed by atoms with Crippen molar-refractivity contribution in [2.75, 3.05) is 0 Å². The van der Waals surface area contributed by atoms with E-state index in [0.717, 1.165) is 0 Å². The van der Waals surface area contributed by atoms with Gasteiger partial charge in [-0.25, -0.2) is 10.2 Å². The summed E-state index contributed by atoms with van der Waals surface area (Å²) < 4.78 is 5.13. The molecule has 0 fully saturated rings. The summed E-state index contributed by atoms with van der Waals surface area (Å²) in [5.74, 6) is -1.59. The zero-order valence-corrected chi connectivity index (χ0v) is 14.0. The Labute approximate surface area is 138 Å². The Morgan fingerprint density at radius 3 is 2.38 bits per heavy atom. The molecule has 8 heteroatoms. The molecule has 0 bridgehead atoms. The number of ketones is 2. The van der Waals surface area contributed by atoms with E-state index in [9.17, 15) is 19.2 Å². The van der Waals surface area contributed by atoms with Crippen LogP contribution >= 0.6 is 0 Å². The number of nitrogens with one attached hydrogen (secondary N) is 2. The summed E-state index contributed by atoms with van der Waals surface area (Å²) in [7, 11) is 0. The fourth-order valence-electron chi connectivity index (χ4n) is 2.63. The monoisotopic (exact) mass is 333 g/mol. The zero-order valence-electron chi connectivity index (χ0n) is 14.0. The summed E-state index contributed by atoms with van der Waals surface area (Å²) in [6.07, 6.45) is -0.734. The van der Waals surface area contributed by atoms with Crippen LogP contribution < -0.4 is 5.43 Å². The lowest BCUT2D eigenvalue weighted by molar-refractivity contribution is -0.138. The van der Waals surface area contributed by atoms with Crippen molar-refractivity contribution < 1.29 is 23.9 Å². The van der Waals surface area contributed by atoms with Crippen LogP contribution in [0.2, 0.25) is 0 Å². The van der Waals surface area contributed by atoms with Crippen LogP contribution in [0.1, 0.15) is 58.8 Å². The Morgan fingerprint density at radius 2 is 1.88 bits per heavy atom. The summed E-state index contributed by atoms with van der Waals surface area (Å²) in [6.45, 7) is 6.25. The van der Waals surface area contributed by atoms with Gasteiger partial charge in [-0.2, -0.15) is 5.10 Å². The topological polar surface area (TPSA) is 118 Å². The summed E-state index contributed by atoms with van der Waals surface area (Å²) in [4.78, 5) is 50.0. The van der Waals surface area contributed by atoms with Crippen LogP contribution in [0.3, 0.4) is 0 Å². The van der Waals surface area contributed by atoms with Gasteiger partial charge in [-0.3, -0.25) is 14.4 Å². The molecule has 24 heavy (non-hydrogen) atoms. The fourth-order valence-corrected chi connectivity index (χ4v) is 2.63. The molecule has 8 nitrogen and oxygen atoms in total. The number of aromatic amines is 1.